The van der Waals surface area contributed by atoms with Crippen LogP contribution in [0.15, 0.2) is 30.6 Å². The van der Waals surface area contributed by atoms with Crippen molar-refractivity contribution in [2.45, 2.75) is 0 Å². The van der Waals surface area contributed by atoms with E-state index in [0.29, 0.717) is 0 Å². The third-order valence-corrected chi connectivity index (χ3v) is 2.01. The van der Waals surface area contributed by atoms with E-state index in [1.165, 1.54) is 0 Å². The third kappa shape index (κ3) is 1.33. The summed E-state index contributed by atoms with van der Waals surface area (Å²) in [5.74, 6) is 0. The van der Waals surface area contributed by atoms with Gasteiger partial charge >= 0.3 is 0 Å². The minimum atomic E-state index is 0.952. The van der Waals surface area contributed by atoms with E-state index < -0.39 is 0 Å². The molecule has 0 aromatic carbocycles. The first-order valence-electron chi connectivity index (χ1n) is 3.22. The van der Waals surface area contributed by atoms with Crippen molar-refractivity contribution in [1.29, 1.82) is 0 Å². The Morgan fingerprint density at radius 2 is 2.09 bits per heavy atom. The molecule has 3 heteroatoms. The average molecular weight is 256 g/mol. The van der Waals surface area contributed by atoms with Gasteiger partial charge in [0.05, 0.1) is 11.0 Å². The van der Waals surface area contributed by atoms with Crippen LogP contribution in [0.2, 0.25) is 0 Å². The summed E-state index contributed by atoms with van der Waals surface area (Å²) in [5.41, 5.74) is 1.91. The van der Waals surface area contributed by atoms with E-state index >= 15 is 0 Å². The predicted octanol–water partition coefficient (Wildman–Crippen LogP) is 2.23. The van der Waals surface area contributed by atoms with Crippen LogP contribution < -0.4 is 0 Å². The van der Waals surface area contributed by atoms with Crippen LogP contribution in [0.5, 0.6) is 0 Å². The molecule has 2 rings (SSSR count). The van der Waals surface area contributed by atoms with Crippen molar-refractivity contribution >= 4 is 33.6 Å². The van der Waals surface area contributed by atoms with Crippen LogP contribution in [-0.4, -0.2) is 9.97 Å². The molecule has 2 aromatic heterocycles. The maximum absolute atomic E-state index is 4.21. The SMILES string of the molecule is Ic1cnc2cccnc2c1. The molecule has 0 bridgehead atoms. The number of rotatable bonds is 0. The van der Waals surface area contributed by atoms with Gasteiger partial charge in [-0.1, -0.05) is 0 Å². The lowest BCUT2D eigenvalue weighted by Crippen LogP contribution is -1.82. The van der Waals surface area contributed by atoms with Crippen molar-refractivity contribution in [3.05, 3.63) is 34.2 Å². The molecular weight excluding hydrogens is 251 g/mol. The molecule has 2 aromatic rings. The second-order valence-electron chi connectivity index (χ2n) is 2.20. The standard InChI is InChI=1S/C8H5IN2/c9-6-4-8-7(11-5-6)2-1-3-10-8/h1-5H. The molecule has 0 aliphatic heterocycles. The van der Waals surface area contributed by atoms with Gasteiger partial charge in [-0.05, 0) is 40.8 Å². The molecule has 0 aliphatic rings. The van der Waals surface area contributed by atoms with Gasteiger partial charge in [-0.3, -0.25) is 9.97 Å². The Kier molecular flexibility index (Phi) is 1.73. The van der Waals surface area contributed by atoms with E-state index in [9.17, 15) is 0 Å². The number of pyridine rings is 2. The van der Waals surface area contributed by atoms with Gasteiger partial charge in [0.15, 0.2) is 0 Å². The highest BCUT2D eigenvalue weighted by molar-refractivity contribution is 14.1. The summed E-state index contributed by atoms with van der Waals surface area (Å²) in [6.45, 7) is 0. The molecule has 0 amide bonds. The molecule has 0 saturated carbocycles. The summed E-state index contributed by atoms with van der Waals surface area (Å²) in [4.78, 5) is 8.39. The molecule has 0 spiro atoms. The number of halogens is 1. The Hall–Kier alpha value is -0.710. The molecule has 11 heavy (non-hydrogen) atoms. The van der Waals surface area contributed by atoms with Crippen LogP contribution in [0.4, 0.5) is 0 Å². The first-order chi connectivity index (χ1) is 5.36. The number of fused-ring (bicyclic) bond motifs is 1. The zero-order valence-corrected chi connectivity index (χ0v) is 7.82. The van der Waals surface area contributed by atoms with Crippen LogP contribution in [-0.2, 0) is 0 Å². The van der Waals surface area contributed by atoms with Gasteiger partial charge in [-0.15, -0.1) is 0 Å². The first kappa shape index (κ1) is 6.97. The fraction of sp³-hybridized carbons (Fsp3) is 0. The van der Waals surface area contributed by atoms with Gasteiger partial charge < -0.3 is 0 Å². The third-order valence-electron chi connectivity index (χ3n) is 1.42. The lowest BCUT2D eigenvalue weighted by Gasteiger charge is -1.94. The molecule has 0 N–H and O–H groups in total. The smallest absolute Gasteiger partial charge is 0.0897 e. The fourth-order valence-corrected chi connectivity index (χ4v) is 1.36. The zero-order chi connectivity index (χ0) is 7.68. The molecule has 2 nitrogen and oxygen atoms in total. The highest BCUT2D eigenvalue weighted by Crippen LogP contribution is 2.10. The van der Waals surface area contributed by atoms with E-state index in [4.69, 9.17) is 0 Å². The summed E-state index contributed by atoms with van der Waals surface area (Å²) >= 11 is 2.23. The van der Waals surface area contributed by atoms with Crippen molar-refractivity contribution < 1.29 is 0 Å². The maximum atomic E-state index is 4.21. The highest BCUT2D eigenvalue weighted by atomic mass is 127. The second kappa shape index (κ2) is 2.73. The Bertz CT molecular complexity index is 387. The number of nitrogens with zero attached hydrogens (tertiary/aromatic N) is 2. The Morgan fingerprint density at radius 1 is 1.18 bits per heavy atom. The molecule has 0 radical (unpaired) electrons. The minimum absolute atomic E-state index is 0.952. The van der Waals surface area contributed by atoms with Gasteiger partial charge in [-0.25, -0.2) is 0 Å². The molecule has 0 aliphatic carbocycles. The molecular formula is C8H5IN2. The monoisotopic (exact) mass is 256 g/mol. The van der Waals surface area contributed by atoms with Crippen molar-refractivity contribution in [3.63, 3.8) is 0 Å². The normalized spacial score (nSPS) is 10.3. The lowest BCUT2D eigenvalue weighted by atomic mass is 10.3. The second-order valence-corrected chi connectivity index (χ2v) is 3.44. The quantitative estimate of drug-likeness (QED) is 0.675. The van der Waals surface area contributed by atoms with Crippen LogP contribution in [0.1, 0.15) is 0 Å². The van der Waals surface area contributed by atoms with Gasteiger partial charge in [0, 0.05) is 16.0 Å². The van der Waals surface area contributed by atoms with Gasteiger partial charge in [0.25, 0.3) is 0 Å². The van der Waals surface area contributed by atoms with E-state index in [-0.39, 0.29) is 0 Å². The average Bonchev–Trinajstić information content (AvgIpc) is 2.04. The maximum Gasteiger partial charge on any atom is 0.0897 e. The number of hydrogen-bond acceptors (Lipinski definition) is 2. The molecule has 2 heterocycles. The number of aromatic nitrogens is 2. The summed E-state index contributed by atoms with van der Waals surface area (Å²) in [5, 5.41) is 0. The molecule has 0 unspecified atom stereocenters. The number of hydrogen-bond donors (Lipinski definition) is 0. The minimum Gasteiger partial charge on any atom is -0.255 e. The van der Waals surface area contributed by atoms with Gasteiger partial charge in [-0.2, -0.15) is 0 Å². The van der Waals surface area contributed by atoms with Crippen molar-refractivity contribution in [3.8, 4) is 0 Å². The molecule has 54 valence electrons. The topological polar surface area (TPSA) is 25.8 Å². The van der Waals surface area contributed by atoms with Crippen LogP contribution in [0.25, 0.3) is 11.0 Å². The van der Waals surface area contributed by atoms with Crippen molar-refractivity contribution in [2.24, 2.45) is 0 Å². The predicted molar refractivity (Wildman–Crippen MR) is 52.3 cm³/mol. The summed E-state index contributed by atoms with van der Waals surface area (Å²) in [6.07, 6.45) is 3.62. The highest BCUT2D eigenvalue weighted by Gasteiger charge is 1.93. The summed E-state index contributed by atoms with van der Waals surface area (Å²) in [6, 6.07) is 5.86. The van der Waals surface area contributed by atoms with Crippen LogP contribution >= 0.6 is 22.6 Å². The van der Waals surface area contributed by atoms with Crippen molar-refractivity contribution in [2.75, 3.05) is 0 Å². The molecule has 0 atom stereocenters. The van der Waals surface area contributed by atoms with Crippen LogP contribution in [0, 0.1) is 3.57 Å². The van der Waals surface area contributed by atoms with E-state index in [0.717, 1.165) is 14.6 Å². The van der Waals surface area contributed by atoms with E-state index in [1.807, 2.05) is 24.4 Å². The summed E-state index contributed by atoms with van der Waals surface area (Å²) < 4.78 is 1.12. The lowest BCUT2D eigenvalue weighted by molar-refractivity contribution is 1.32. The summed E-state index contributed by atoms with van der Waals surface area (Å²) in [7, 11) is 0. The van der Waals surface area contributed by atoms with E-state index in [1.54, 1.807) is 6.20 Å². The Labute approximate surface area is 77.8 Å². The Morgan fingerprint density at radius 3 is 3.00 bits per heavy atom. The zero-order valence-electron chi connectivity index (χ0n) is 5.66. The Balaban J connectivity index is 2.83. The largest absolute Gasteiger partial charge is 0.255 e. The fourth-order valence-electron chi connectivity index (χ4n) is 0.928. The van der Waals surface area contributed by atoms with Gasteiger partial charge in [0.1, 0.15) is 0 Å². The van der Waals surface area contributed by atoms with Crippen molar-refractivity contribution in [1.82, 2.24) is 9.97 Å². The van der Waals surface area contributed by atoms with Gasteiger partial charge in [0.2, 0.25) is 0 Å². The van der Waals surface area contributed by atoms with Crippen LogP contribution in [0.3, 0.4) is 0 Å². The van der Waals surface area contributed by atoms with E-state index in [2.05, 4.69) is 32.6 Å². The molecule has 0 saturated heterocycles. The first-order valence-corrected chi connectivity index (χ1v) is 4.30. The molecule has 0 fully saturated rings.